The molecular formula is C16H23N3O2. The number of carbonyl (C=O) groups is 1. The molecule has 2 fully saturated rings. The molecule has 0 aliphatic carbocycles. The lowest BCUT2D eigenvalue weighted by Crippen LogP contribution is -2.59. The third-order valence-corrected chi connectivity index (χ3v) is 4.81. The van der Waals surface area contributed by atoms with Crippen molar-refractivity contribution in [3.8, 4) is 0 Å². The predicted molar refractivity (Wildman–Crippen MR) is 82.0 cm³/mol. The van der Waals surface area contributed by atoms with Crippen LogP contribution in [0.2, 0.25) is 0 Å². The molecule has 3 rings (SSSR count). The van der Waals surface area contributed by atoms with Crippen molar-refractivity contribution in [3.63, 3.8) is 0 Å². The second-order valence-corrected chi connectivity index (χ2v) is 6.28. The Bertz CT molecular complexity index is 546. The molecule has 5 nitrogen and oxygen atoms in total. The molecule has 2 unspecified atom stereocenters. The molecule has 114 valence electrons. The highest BCUT2D eigenvalue weighted by atomic mass is 16.4. The highest BCUT2D eigenvalue weighted by Gasteiger charge is 2.35. The highest BCUT2D eigenvalue weighted by Crippen LogP contribution is 2.30. The van der Waals surface area contributed by atoms with Crippen molar-refractivity contribution in [2.24, 2.45) is 0 Å². The Morgan fingerprint density at radius 3 is 2.95 bits per heavy atom. The van der Waals surface area contributed by atoms with Gasteiger partial charge in [-0.3, -0.25) is 4.90 Å². The molecule has 0 spiro atoms. The van der Waals surface area contributed by atoms with Crippen molar-refractivity contribution in [3.05, 3.63) is 23.4 Å². The molecule has 1 N–H and O–H groups in total. The van der Waals surface area contributed by atoms with Gasteiger partial charge >= 0.3 is 5.97 Å². The van der Waals surface area contributed by atoms with Crippen LogP contribution >= 0.6 is 0 Å². The highest BCUT2D eigenvalue weighted by molar-refractivity contribution is 5.95. The first kappa shape index (κ1) is 14.3. The van der Waals surface area contributed by atoms with E-state index >= 15 is 0 Å². The summed E-state index contributed by atoms with van der Waals surface area (Å²) in [4.78, 5) is 20.8. The molecule has 5 heteroatoms. The quantitative estimate of drug-likeness (QED) is 0.904. The average Bonchev–Trinajstić information content (AvgIpc) is 2.45. The summed E-state index contributed by atoms with van der Waals surface area (Å²) < 4.78 is 0. The Balaban J connectivity index is 1.93. The van der Waals surface area contributed by atoms with Crippen LogP contribution in [0, 0.1) is 6.92 Å². The molecule has 0 radical (unpaired) electrons. The van der Waals surface area contributed by atoms with Gasteiger partial charge in [0.25, 0.3) is 0 Å². The normalized spacial score (nSPS) is 26.5. The Morgan fingerprint density at radius 1 is 1.38 bits per heavy atom. The van der Waals surface area contributed by atoms with E-state index in [0.717, 1.165) is 18.7 Å². The number of nitrogens with zero attached hydrogens (tertiary/aromatic N) is 3. The molecule has 3 heterocycles. The van der Waals surface area contributed by atoms with Crippen LogP contribution in [-0.4, -0.2) is 52.7 Å². The van der Waals surface area contributed by atoms with Crippen molar-refractivity contribution in [2.45, 2.75) is 45.2 Å². The summed E-state index contributed by atoms with van der Waals surface area (Å²) in [6.45, 7) is 7.07. The van der Waals surface area contributed by atoms with Gasteiger partial charge < -0.3 is 10.0 Å². The van der Waals surface area contributed by atoms with Crippen LogP contribution in [0.5, 0.6) is 0 Å². The first-order valence-electron chi connectivity index (χ1n) is 7.77. The van der Waals surface area contributed by atoms with E-state index in [4.69, 9.17) is 0 Å². The van der Waals surface area contributed by atoms with Crippen LogP contribution in [-0.2, 0) is 0 Å². The van der Waals surface area contributed by atoms with Gasteiger partial charge in [-0.05, 0) is 44.9 Å². The smallest absolute Gasteiger partial charge is 0.339 e. The van der Waals surface area contributed by atoms with Gasteiger partial charge in [0.15, 0.2) is 0 Å². The van der Waals surface area contributed by atoms with E-state index in [9.17, 15) is 9.90 Å². The third kappa shape index (κ3) is 2.62. The number of piperazine rings is 1. The SMILES string of the molecule is Cc1ccnc(N2CC3CCCCN3CC2C)c1C(=O)O. The first-order chi connectivity index (χ1) is 10.1. The topological polar surface area (TPSA) is 56.7 Å². The van der Waals surface area contributed by atoms with E-state index in [2.05, 4.69) is 21.7 Å². The fourth-order valence-electron chi connectivity index (χ4n) is 3.67. The zero-order chi connectivity index (χ0) is 15.0. The summed E-state index contributed by atoms with van der Waals surface area (Å²) in [7, 11) is 0. The summed E-state index contributed by atoms with van der Waals surface area (Å²) >= 11 is 0. The van der Waals surface area contributed by atoms with Gasteiger partial charge in [0.1, 0.15) is 11.4 Å². The molecule has 1 aromatic rings. The van der Waals surface area contributed by atoms with Gasteiger partial charge in [-0.25, -0.2) is 9.78 Å². The third-order valence-electron chi connectivity index (χ3n) is 4.81. The molecule has 2 atom stereocenters. The van der Waals surface area contributed by atoms with Crippen LogP contribution in [0.15, 0.2) is 12.3 Å². The van der Waals surface area contributed by atoms with Crippen LogP contribution in [0.25, 0.3) is 0 Å². The number of hydrogen-bond acceptors (Lipinski definition) is 4. The zero-order valence-corrected chi connectivity index (χ0v) is 12.7. The molecule has 2 aliphatic heterocycles. The van der Waals surface area contributed by atoms with E-state index in [-0.39, 0.29) is 0 Å². The van der Waals surface area contributed by atoms with Crippen molar-refractivity contribution in [1.29, 1.82) is 0 Å². The van der Waals surface area contributed by atoms with Crippen LogP contribution < -0.4 is 4.90 Å². The Labute approximate surface area is 125 Å². The minimum absolute atomic E-state index is 0.298. The maximum absolute atomic E-state index is 11.6. The van der Waals surface area contributed by atoms with Gasteiger partial charge in [-0.2, -0.15) is 0 Å². The zero-order valence-electron chi connectivity index (χ0n) is 12.7. The first-order valence-corrected chi connectivity index (χ1v) is 7.77. The lowest BCUT2D eigenvalue weighted by molar-refractivity contribution is 0.0695. The summed E-state index contributed by atoms with van der Waals surface area (Å²) in [5, 5.41) is 9.52. The van der Waals surface area contributed by atoms with E-state index in [1.807, 2.05) is 6.92 Å². The average molecular weight is 289 g/mol. The minimum Gasteiger partial charge on any atom is -0.478 e. The number of carboxylic acid groups (broad SMARTS) is 1. The van der Waals surface area contributed by atoms with Crippen molar-refractivity contribution >= 4 is 11.8 Å². The van der Waals surface area contributed by atoms with Gasteiger partial charge in [-0.1, -0.05) is 6.42 Å². The van der Waals surface area contributed by atoms with Crippen LogP contribution in [0.1, 0.15) is 42.1 Å². The molecule has 1 aromatic heterocycles. The Kier molecular flexibility index (Phi) is 3.85. The Morgan fingerprint density at radius 2 is 2.19 bits per heavy atom. The largest absolute Gasteiger partial charge is 0.478 e. The number of aromatic nitrogens is 1. The lowest BCUT2D eigenvalue weighted by Gasteiger charge is -2.48. The van der Waals surface area contributed by atoms with Gasteiger partial charge in [0, 0.05) is 31.4 Å². The van der Waals surface area contributed by atoms with Crippen molar-refractivity contribution in [1.82, 2.24) is 9.88 Å². The maximum atomic E-state index is 11.6. The summed E-state index contributed by atoms with van der Waals surface area (Å²) in [5.74, 6) is -0.242. The van der Waals surface area contributed by atoms with Crippen LogP contribution in [0.4, 0.5) is 5.82 Å². The standard InChI is InChI=1S/C16H23N3O2/c1-11-6-7-17-15(14(11)16(20)21)19-10-13-5-3-4-8-18(13)9-12(19)2/h6-7,12-13H,3-5,8-10H2,1-2H3,(H,20,21). The molecule has 2 aliphatic rings. The second-order valence-electron chi connectivity index (χ2n) is 6.28. The summed E-state index contributed by atoms with van der Waals surface area (Å²) in [6, 6.07) is 2.61. The number of fused-ring (bicyclic) bond motifs is 1. The summed E-state index contributed by atoms with van der Waals surface area (Å²) in [6.07, 6.45) is 5.48. The maximum Gasteiger partial charge on any atom is 0.339 e. The van der Waals surface area contributed by atoms with E-state index in [0.29, 0.717) is 23.5 Å². The Hall–Kier alpha value is -1.62. The number of carboxylic acids is 1. The van der Waals surface area contributed by atoms with E-state index in [1.54, 1.807) is 12.3 Å². The summed E-state index contributed by atoms with van der Waals surface area (Å²) in [5.41, 5.74) is 1.14. The number of hydrogen-bond donors (Lipinski definition) is 1. The molecule has 0 aromatic carbocycles. The molecule has 0 saturated carbocycles. The van der Waals surface area contributed by atoms with Crippen molar-refractivity contribution in [2.75, 3.05) is 24.5 Å². The number of pyridine rings is 1. The number of anilines is 1. The van der Waals surface area contributed by atoms with Gasteiger partial charge in [-0.15, -0.1) is 0 Å². The minimum atomic E-state index is -0.881. The van der Waals surface area contributed by atoms with Crippen molar-refractivity contribution < 1.29 is 9.90 Å². The number of piperidine rings is 1. The molecule has 0 bridgehead atoms. The number of aryl methyl sites for hydroxylation is 1. The fraction of sp³-hybridized carbons (Fsp3) is 0.625. The van der Waals surface area contributed by atoms with Crippen LogP contribution in [0.3, 0.4) is 0 Å². The number of rotatable bonds is 2. The second kappa shape index (κ2) is 5.64. The lowest BCUT2D eigenvalue weighted by atomic mass is 9.96. The molecule has 21 heavy (non-hydrogen) atoms. The van der Waals surface area contributed by atoms with Gasteiger partial charge in [0.05, 0.1) is 0 Å². The monoisotopic (exact) mass is 289 g/mol. The van der Waals surface area contributed by atoms with Gasteiger partial charge in [0.2, 0.25) is 0 Å². The fourth-order valence-corrected chi connectivity index (χ4v) is 3.67. The van der Waals surface area contributed by atoms with E-state index in [1.165, 1.54) is 25.8 Å². The van der Waals surface area contributed by atoms with E-state index < -0.39 is 5.97 Å². The molecule has 0 amide bonds. The predicted octanol–water partition coefficient (Wildman–Crippen LogP) is 2.15. The molecular weight excluding hydrogens is 266 g/mol. The molecule has 2 saturated heterocycles. The number of aromatic carboxylic acids is 1.